The number of carbonyl (C=O) groups is 1. The summed E-state index contributed by atoms with van der Waals surface area (Å²) >= 11 is 0. The Morgan fingerprint density at radius 2 is 2.23 bits per heavy atom. The third kappa shape index (κ3) is 2.59. The van der Waals surface area contributed by atoms with Crippen molar-refractivity contribution in [3.8, 4) is 0 Å². The molecule has 0 aliphatic rings. The zero-order valence-electron chi connectivity index (χ0n) is 7.07. The first kappa shape index (κ1) is 9.25. The minimum atomic E-state index is -1.01. The molecule has 0 aromatic carbocycles. The van der Waals surface area contributed by atoms with Crippen molar-refractivity contribution in [1.82, 2.24) is 4.98 Å². The quantitative estimate of drug-likeness (QED) is 0.659. The summed E-state index contributed by atoms with van der Waals surface area (Å²) in [5.74, 6) is -1.01. The number of H-pyrrole nitrogens is 1. The van der Waals surface area contributed by atoms with Gasteiger partial charge in [0.15, 0.2) is 0 Å². The van der Waals surface area contributed by atoms with E-state index in [1.165, 1.54) is 12.1 Å². The van der Waals surface area contributed by atoms with E-state index in [4.69, 9.17) is 5.11 Å². The second-order valence-electron chi connectivity index (χ2n) is 2.57. The topological polar surface area (TPSA) is 70.2 Å². The van der Waals surface area contributed by atoms with Gasteiger partial charge in [-0.2, -0.15) is 0 Å². The highest BCUT2D eigenvalue weighted by Crippen LogP contribution is 2.03. The average Bonchev–Trinajstić information content (AvgIpc) is 2.02. The molecule has 0 unspecified atom stereocenters. The van der Waals surface area contributed by atoms with Gasteiger partial charge in [-0.1, -0.05) is 0 Å². The van der Waals surface area contributed by atoms with Crippen LogP contribution >= 0.6 is 0 Å². The van der Waals surface area contributed by atoms with Crippen LogP contribution in [0.25, 0.3) is 6.08 Å². The van der Waals surface area contributed by atoms with Gasteiger partial charge < -0.3 is 10.1 Å². The third-order valence-electron chi connectivity index (χ3n) is 1.56. The molecule has 1 aromatic heterocycles. The molecule has 0 aliphatic carbocycles. The molecule has 4 heteroatoms. The number of carboxylic acid groups (broad SMARTS) is 1. The second kappa shape index (κ2) is 3.71. The van der Waals surface area contributed by atoms with Crippen molar-refractivity contribution < 1.29 is 9.90 Å². The molecule has 2 N–H and O–H groups in total. The fraction of sp³-hybridized carbons (Fsp3) is 0.111. The van der Waals surface area contributed by atoms with E-state index in [1.807, 2.05) is 0 Å². The molecule has 1 aromatic rings. The van der Waals surface area contributed by atoms with E-state index in [2.05, 4.69) is 4.98 Å². The van der Waals surface area contributed by atoms with Crippen LogP contribution in [-0.2, 0) is 4.79 Å². The van der Waals surface area contributed by atoms with E-state index in [0.717, 1.165) is 6.08 Å². The van der Waals surface area contributed by atoms with Crippen molar-refractivity contribution in [3.05, 3.63) is 39.8 Å². The molecular weight excluding hydrogens is 170 g/mol. The van der Waals surface area contributed by atoms with E-state index in [-0.39, 0.29) is 5.56 Å². The largest absolute Gasteiger partial charge is 0.478 e. The zero-order valence-corrected chi connectivity index (χ0v) is 7.07. The molecule has 0 aliphatic heterocycles. The number of hydrogen-bond acceptors (Lipinski definition) is 2. The van der Waals surface area contributed by atoms with E-state index in [1.54, 1.807) is 13.0 Å². The van der Waals surface area contributed by atoms with Crippen LogP contribution in [-0.4, -0.2) is 16.1 Å². The third-order valence-corrected chi connectivity index (χ3v) is 1.56. The van der Waals surface area contributed by atoms with Gasteiger partial charge in [0.25, 0.3) is 0 Å². The number of rotatable bonds is 2. The van der Waals surface area contributed by atoms with Gasteiger partial charge in [-0.25, -0.2) is 4.79 Å². The molecule has 0 spiro atoms. The molecule has 0 bridgehead atoms. The van der Waals surface area contributed by atoms with Crippen molar-refractivity contribution in [2.75, 3.05) is 0 Å². The fourth-order valence-electron chi connectivity index (χ4n) is 0.931. The zero-order chi connectivity index (χ0) is 9.84. The van der Waals surface area contributed by atoms with Crippen molar-refractivity contribution in [2.24, 2.45) is 0 Å². The molecule has 0 amide bonds. The highest BCUT2D eigenvalue weighted by Gasteiger charge is 1.94. The summed E-state index contributed by atoms with van der Waals surface area (Å²) in [5, 5.41) is 8.36. The van der Waals surface area contributed by atoms with Gasteiger partial charge in [0.1, 0.15) is 0 Å². The molecule has 4 nitrogen and oxygen atoms in total. The smallest absolute Gasteiger partial charge is 0.328 e. The SMILES string of the molecule is Cc1[nH]c(=O)ccc1C=CC(=O)O. The lowest BCUT2D eigenvalue weighted by molar-refractivity contribution is -0.131. The van der Waals surface area contributed by atoms with Crippen LogP contribution < -0.4 is 5.56 Å². The van der Waals surface area contributed by atoms with E-state index < -0.39 is 5.97 Å². The maximum Gasteiger partial charge on any atom is 0.328 e. The average molecular weight is 179 g/mol. The van der Waals surface area contributed by atoms with Crippen molar-refractivity contribution >= 4 is 12.0 Å². The minimum absolute atomic E-state index is 0.190. The lowest BCUT2D eigenvalue weighted by Crippen LogP contribution is -2.05. The molecule has 0 saturated carbocycles. The first-order valence-electron chi connectivity index (χ1n) is 3.70. The lowest BCUT2D eigenvalue weighted by atomic mass is 10.2. The van der Waals surface area contributed by atoms with E-state index in [9.17, 15) is 9.59 Å². The maximum absolute atomic E-state index is 10.8. The predicted octanol–water partition coefficient (Wildman–Crippen LogP) is 0.781. The number of aromatic nitrogens is 1. The Labute approximate surface area is 74.5 Å². The number of aryl methyl sites for hydroxylation is 1. The van der Waals surface area contributed by atoms with Crippen molar-refractivity contribution in [1.29, 1.82) is 0 Å². The molecule has 0 atom stereocenters. The molecule has 13 heavy (non-hydrogen) atoms. The summed E-state index contributed by atoms with van der Waals surface area (Å²) in [6, 6.07) is 2.93. The maximum atomic E-state index is 10.8. The predicted molar refractivity (Wildman–Crippen MR) is 48.5 cm³/mol. The molecular formula is C9H9NO3. The van der Waals surface area contributed by atoms with Gasteiger partial charge >= 0.3 is 5.97 Å². The molecule has 1 heterocycles. The van der Waals surface area contributed by atoms with Gasteiger partial charge in [0, 0.05) is 17.8 Å². The Hall–Kier alpha value is -1.84. The van der Waals surface area contributed by atoms with Crippen LogP contribution in [0.2, 0.25) is 0 Å². The number of aliphatic carboxylic acids is 1. The van der Waals surface area contributed by atoms with Crippen LogP contribution in [0.4, 0.5) is 0 Å². The van der Waals surface area contributed by atoms with E-state index in [0.29, 0.717) is 11.3 Å². The van der Waals surface area contributed by atoms with Gasteiger partial charge in [-0.3, -0.25) is 4.79 Å². The first-order valence-corrected chi connectivity index (χ1v) is 3.70. The summed E-state index contributed by atoms with van der Waals surface area (Å²) in [6.07, 6.45) is 2.47. The summed E-state index contributed by atoms with van der Waals surface area (Å²) in [6.45, 7) is 1.71. The Bertz CT molecular complexity index is 404. The van der Waals surface area contributed by atoms with Gasteiger partial charge in [-0.15, -0.1) is 0 Å². The van der Waals surface area contributed by atoms with E-state index >= 15 is 0 Å². The molecule has 1 rings (SSSR count). The Kier molecular flexibility index (Phi) is 2.64. The Morgan fingerprint density at radius 1 is 1.54 bits per heavy atom. The fourth-order valence-corrected chi connectivity index (χ4v) is 0.931. The van der Waals surface area contributed by atoms with Crippen LogP contribution in [0, 0.1) is 6.92 Å². The lowest BCUT2D eigenvalue weighted by Gasteiger charge is -1.96. The van der Waals surface area contributed by atoms with Crippen LogP contribution in [0.1, 0.15) is 11.3 Å². The molecule has 0 fully saturated rings. The highest BCUT2D eigenvalue weighted by molar-refractivity contribution is 5.85. The number of carboxylic acids is 1. The first-order chi connectivity index (χ1) is 6.09. The van der Waals surface area contributed by atoms with Gasteiger partial charge in [0.2, 0.25) is 5.56 Å². The number of hydrogen-bond donors (Lipinski definition) is 2. The standard InChI is InChI=1S/C9H9NO3/c1-6-7(3-5-9(12)13)2-4-8(11)10-6/h2-5H,1H3,(H,10,11)(H,12,13). The monoisotopic (exact) mass is 179 g/mol. The highest BCUT2D eigenvalue weighted by atomic mass is 16.4. The van der Waals surface area contributed by atoms with Crippen molar-refractivity contribution in [2.45, 2.75) is 6.92 Å². The Morgan fingerprint density at radius 3 is 2.77 bits per heavy atom. The van der Waals surface area contributed by atoms with Crippen LogP contribution in [0.3, 0.4) is 0 Å². The van der Waals surface area contributed by atoms with Gasteiger partial charge in [-0.05, 0) is 24.6 Å². The molecule has 0 radical (unpaired) electrons. The summed E-state index contributed by atoms with van der Waals surface area (Å²) in [7, 11) is 0. The van der Waals surface area contributed by atoms with Crippen LogP contribution in [0.15, 0.2) is 23.0 Å². The Balaban J connectivity index is 3.03. The number of aromatic amines is 1. The number of nitrogens with one attached hydrogen (secondary N) is 1. The summed E-state index contributed by atoms with van der Waals surface area (Å²) in [5.41, 5.74) is 1.16. The summed E-state index contributed by atoms with van der Waals surface area (Å²) in [4.78, 5) is 23.5. The summed E-state index contributed by atoms with van der Waals surface area (Å²) < 4.78 is 0. The van der Waals surface area contributed by atoms with Crippen LogP contribution in [0.5, 0.6) is 0 Å². The molecule has 0 saturated heterocycles. The van der Waals surface area contributed by atoms with Crippen molar-refractivity contribution in [3.63, 3.8) is 0 Å². The minimum Gasteiger partial charge on any atom is -0.478 e. The second-order valence-corrected chi connectivity index (χ2v) is 2.57. The molecule has 68 valence electrons. The van der Waals surface area contributed by atoms with Gasteiger partial charge in [0.05, 0.1) is 0 Å². The number of pyridine rings is 1. The normalized spacial score (nSPS) is 10.5.